The van der Waals surface area contributed by atoms with Crippen LogP contribution in [0.25, 0.3) is 0 Å². The molecule has 1 aliphatic carbocycles. The van der Waals surface area contributed by atoms with E-state index >= 15 is 0 Å². The zero-order valence-electron chi connectivity index (χ0n) is 16.5. The minimum absolute atomic E-state index is 0.160. The van der Waals surface area contributed by atoms with E-state index in [4.69, 9.17) is 9.47 Å². The van der Waals surface area contributed by atoms with Crippen molar-refractivity contribution in [1.82, 2.24) is 9.80 Å². The van der Waals surface area contributed by atoms with Gasteiger partial charge in [0, 0.05) is 12.6 Å². The number of carbonyl (C=O) groups is 2. The van der Waals surface area contributed by atoms with E-state index < -0.39 is 5.60 Å². The molecular weight excluding hydrogens is 344 g/mol. The number of amides is 2. The minimum atomic E-state index is -0.558. The van der Waals surface area contributed by atoms with Crippen molar-refractivity contribution in [2.75, 3.05) is 6.54 Å². The molecule has 1 aliphatic heterocycles. The molecule has 0 spiro atoms. The van der Waals surface area contributed by atoms with Gasteiger partial charge in [-0.05, 0) is 58.4 Å². The van der Waals surface area contributed by atoms with Crippen molar-refractivity contribution < 1.29 is 19.1 Å². The zero-order chi connectivity index (χ0) is 19.4. The second-order valence-corrected chi connectivity index (χ2v) is 8.33. The predicted octanol–water partition coefficient (Wildman–Crippen LogP) is 4.53. The average Bonchev–Trinajstić information content (AvgIpc) is 3.44. The molecule has 6 nitrogen and oxygen atoms in total. The summed E-state index contributed by atoms with van der Waals surface area (Å²) in [5, 5.41) is 0. The van der Waals surface area contributed by atoms with Crippen molar-refractivity contribution in [1.29, 1.82) is 0 Å². The lowest BCUT2D eigenvalue weighted by Crippen LogP contribution is -2.56. The van der Waals surface area contributed by atoms with Crippen molar-refractivity contribution in [2.45, 2.75) is 77.3 Å². The molecule has 0 aromatic heterocycles. The van der Waals surface area contributed by atoms with Gasteiger partial charge in [0.15, 0.2) is 0 Å². The molecule has 1 unspecified atom stereocenters. The maximum absolute atomic E-state index is 12.8. The molecule has 0 bridgehead atoms. The number of rotatable bonds is 4. The van der Waals surface area contributed by atoms with E-state index in [0.717, 1.165) is 37.7 Å². The fourth-order valence-electron chi connectivity index (χ4n) is 3.40. The fourth-order valence-corrected chi connectivity index (χ4v) is 3.40. The topological polar surface area (TPSA) is 59.1 Å². The highest BCUT2D eigenvalue weighted by Crippen LogP contribution is 2.34. The van der Waals surface area contributed by atoms with E-state index in [-0.39, 0.29) is 31.0 Å². The summed E-state index contributed by atoms with van der Waals surface area (Å²) >= 11 is 0. The Kier molecular flexibility index (Phi) is 5.92. The molecule has 0 N–H and O–H groups in total. The van der Waals surface area contributed by atoms with Gasteiger partial charge >= 0.3 is 12.2 Å². The van der Waals surface area contributed by atoms with E-state index in [1.807, 2.05) is 51.1 Å². The van der Waals surface area contributed by atoms with Crippen LogP contribution >= 0.6 is 0 Å². The third kappa shape index (κ3) is 5.37. The summed E-state index contributed by atoms with van der Waals surface area (Å²) in [6.45, 7) is 6.43. The molecule has 27 heavy (non-hydrogen) atoms. The van der Waals surface area contributed by atoms with E-state index in [1.54, 1.807) is 9.80 Å². The van der Waals surface area contributed by atoms with Gasteiger partial charge in [0.05, 0.1) is 0 Å². The molecule has 1 heterocycles. The Balaban J connectivity index is 1.69. The number of benzene rings is 1. The van der Waals surface area contributed by atoms with Crippen LogP contribution in [-0.4, -0.2) is 46.3 Å². The van der Waals surface area contributed by atoms with Gasteiger partial charge in [-0.3, -0.25) is 9.80 Å². The van der Waals surface area contributed by atoms with Crippen LogP contribution in [0.5, 0.6) is 0 Å². The summed E-state index contributed by atoms with van der Waals surface area (Å²) in [6, 6.07) is 9.79. The second kappa shape index (κ2) is 8.19. The van der Waals surface area contributed by atoms with E-state index in [9.17, 15) is 9.59 Å². The standard InChI is InChI=1S/C21H30N2O4/c1-21(2,3)27-20(25)23(17-12-13-17)18-11-7-8-14-22(18)19(24)26-15-16-9-5-4-6-10-16/h4-6,9-10,17-18H,7-8,11-15H2,1-3H3. The lowest BCUT2D eigenvalue weighted by Gasteiger charge is -2.42. The van der Waals surface area contributed by atoms with Crippen molar-refractivity contribution in [3.8, 4) is 0 Å². The fraction of sp³-hybridized carbons (Fsp3) is 0.619. The summed E-state index contributed by atoms with van der Waals surface area (Å²) in [5.41, 5.74) is 0.392. The first-order chi connectivity index (χ1) is 12.8. The molecule has 0 radical (unpaired) electrons. The molecule has 2 fully saturated rings. The molecule has 3 rings (SSSR count). The van der Waals surface area contributed by atoms with Crippen molar-refractivity contribution in [3.63, 3.8) is 0 Å². The van der Waals surface area contributed by atoms with E-state index in [1.165, 1.54) is 0 Å². The Morgan fingerprint density at radius 2 is 1.81 bits per heavy atom. The van der Waals surface area contributed by atoms with Crippen LogP contribution in [0, 0.1) is 0 Å². The summed E-state index contributed by atoms with van der Waals surface area (Å²) in [4.78, 5) is 29.0. The van der Waals surface area contributed by atoms with Crippen LogP contribution in [0.1, 0.15) is 58.4 Å². The zero-order valence-corrected chi connectivity index (χ0v) is 16.5. The van der Waals surface area contributed by atoms with Crippen LogP contribution in [0.15, 0.2) is 30.3 Å². The quantitative estimate of drug-likeness (QED) is 0.777. The van der Waals surface area contributed by atoms with Crippen LogP contribution in [0.2, 0.25) is 0 Å². The SMILES string of the molecule is CC(C)(C)OC(=O)N(C1CC1)C1CCCCN1C(=O)OCc1ccccc1. The average molecular weight is 374 g/mol. The van der Waals surface area contributed by atoms with Gasteiger partial charge in [0.25, 0.3) is 0 Å². The maximum atomic E-state index is 12.8. The van der Waals surface area contributed by atoms with E-state index in [2.05, 4.69) is 0 Å². The first-order valence-corrected chi connectivity index (χ1v) is 9.84. The first kappa shape index (κ1) is 19.5. The molecule has 2 aliphatic rings. The molecule has 1 aromatic carbocycles. The number of carbonyl (C=O) groups excluding carboxylic acids is 2. The monoisotopic (exact) mass is 374 g/mol. The number of piperidine rings is 1. The summed E-state index contributed by atoms with van der Waals surface area (Å²) < 4.78 is 11.2. The molecule has 2 amide bonds. The molecule has 1 saturated carbocycles. The summed E-state index contributed by atoms with van der Waals surface area (Å²) in [5.74, 6) is 0. The van der Waals surface area contributed by atoms with Gasteiger partial charge < -0.3 is 9.47 Å². The normalized spacial score (nSPS) is 20.1. The molecule has 1 saturated heterocycles. The highest BCUT2D eigenvalue weighted by Gasteiger charge is 2.44. The number of likely N-dealkylation sites (tertiary alicyclic amines) is 1. The minimum Gasteiger partial charge on any atom is -0.444 e. The van der Waals surface area contributed by atoms with Crippen LogP contribution in [0.3, 0.4) is 0 Å². The third-order valence-corrected chi connectivity index (χ3v) is 4.78. The third-order valence-electron chi connectivity index (χ3n) is 4.78. The molecule has 1 atom stereocenters. The van der Waals surface area contributed by atoms with Gasteiger partial charge in [-0.2, -0.15) is 0 Å². The predicted molar refractivity (Wildman–Crippen MR) is 102 cm³/mol. The number of ether oxygens (including phenoxy) is 2. The Morgan fingerprint density at radius 3 is 2.44 bits per heavy atom. The lowest BCUT2D eigenvalue weighted by atomic mass is 10.1. The van der Waals surface area contributed by atoms with Crippen molar-refractivity contribution in [3.05, 3.63) is 35.9 Å². The Hall–Kier alpha value is -2.24. The lowest BCUT2D eigenvalue weighted by molar-refractivity contribution is -0.0261. The van der Waals surface area contributed by atoms with Gasteiger partial charge in [0.2, 0.25) is 0 Å². The number of hydrogen-bond acceptors (Lipinski definition) is 4. The summed E-state index contributed by atoms with van der Waals surface area (Å²) in [7, 11) is 0. The highest BCUT2D eigenvalue weighted by atomic mass is 16.6. The molecule has 1 aromatic rings. The number of nitrogens with zero attached hydrogens (tertiary/aromatic N) is 2. The van der Waals surface area contributed by atoms with Gasteiger partial charge in [-0.1, -0.05) is 30.3 Å². The largest absolute Gasteiger partial charge is 0.444 e. The second-order valence-electron chi connectivity index (χ2n) is 8.33. The van der Waals surface area contributed by atoms with Crippen LogP contribution in [0.4, 0.5) is 9.59 Å². The van der Waals surface area contributed by atoms with Crippen LogP contribution in [-0.2, 0) is 16.1 Å². The van der Waals surface area contributed by atoms with Gasteiger partial charge in [-0.25, -0.2) is 9.59 Å². The van der Waals surface area contributed by atoms with Crippen molar-refractivity contribution in [2.24, 2.45) is 0 Å². The Bertz CT molecular complexity index is 652. The molecule has 148 valence electrons. The molecule has 6 heteroatoms. The highest BCUT2D eigenvalue weighted by molar-refractivity contribution is 5.72. The van der Waals surface area contributed by atoms with Gasteiger partial charge in [0.1, 0.15) is 18.4 Å². The Labute approximate surface area is 161 Å². The number of hydrogen-bond donors (Lipinski definition) is 0. The van der Waals surface area contributed by atoms with Crippen molar-refractivity contribution >= 4 is 12.2 Å². The van der Waals surface area contributed by atoms with E-state index in [0.29, 0.717) is 6.54 Å². The maximum Gasteiger partial charge on any atom is 0.412 e. The smallest absolute Gasteiger partial charge is 0.412 e. The van der Waals surface area contributed by atoms with Crippen LogP contribution < -0.4 is 0 Å². The first-order valence-electron chi connectivity index (χ1n) is 9.84. The molecular formula is C21H30N2O4. The Morgan fingerprint density at radius 1 is 1.11 bits per heavy atom. The van der Waals surface area contributed by atoms with Gasteiger partial charge in [-0.15, -0.1) is 0 Å². The summed E-state index contributed by atoms with van der Waals surface area (Å²) in [6.07, 6.45) is 3.60.